The minimum absolute atomic E-state index is 0.0530. The van der Waals surface area contributed by atoms with Crippen LogP contribution in [0, 0.1) is 12.8 Å². The zero-order valence-corrected chi connectivity index (χ0v) is 16.2. The summed E-state index contributed by atoms with van der Waals surface area (Å²) in [6.07, 6.45) is 4.06. The number of carbonyl (C=O) groups excluding carboxylic acids is 1. The Morgan fingerprint density at radius 3 is 2.88 bits per heavy atom. The Bertz CT molecular complexity index is 778. The van der Waals surface area contributed by atoms with Gasteiger partial charge in [0.1, 0.15) is 11.6 Å². The summed E-state index contributed by atoms with van der Waals surface area (Å²) >= 11 is 1.58. The normalized spacial score (nSPS) is 22.8. The van der Waals surface area contributed by atoms with Crippen molar-refractivity contribution < 1.29 is 4.79 Å². The van der Waals surface area contributed by atoms with Gasteiger partial charge in [-0.3, -0.25) is 4.79 Å². The summed E-state index contributed by atoms with van der Waals surface area (Å²) in [5, 5.41) is 2.04. The van der Waals surface area contributed by atoms with Crippen LogP contribution in [0.2, 0.25) is 0 Å². The first-order valence-electron chi connectivity index (χ1n) is 9.41. The molecular weight excluding hydrogens is 346 g/mol. The molecule has 0 radical (unpaired) electrons. The van der Waals surface area contributed by atoms with Crippen molar-refractivity contribution in [3.63, 3.8) is 0 Å². The Labute approximate surface area is 158 Å². The highest BCUT2D eigenvalue weighted by atomic mass is 32.1. The third-order valence-corrected chi connectivity index (χ3v) is 5.95. The molecule has 2 aromatic heterocycles. The number of amides is 1. The lowest BCUT2D eigenvalue weighted by Crippen LogP contribution is -2.47. The first-order valence-corrected chi connectivity index (χ1v) is 10.4. The van der Waals surface area contributed by atoms with Crippen LogP contribution in [0.25, 0.3) is 0 Å². The van der Waals surface area contributed by atoms with Gasteiger partial charge in [0.05, 0.1) is 23.7 Å². The maximum Gasteiger partial charge on any atom is 0.228 e. The van der Waals surface area contributed by atoms with E-state index < -0.39 is 0 Å². The highest BCUT2D eigenvalue weighted by Crippen LogP contribution is 2.32. The van der Waals surface area contributed by atoms with E-state index >= 15 is 0 Å². The number of rotatable bonds is 5. The zero-order chi connectivity index (χ0) is 18.1. The molecule has 5 rings (SSSR count). The fourth-order valence-corrected chi connectivity index (χ4v) is 4.63. The lowest BCUT2D eigenvalue weighted by Gasteiger charge is -2.35. The van der Waals surface area contributed by atoms with E-state index in [-0.39, 0.29) is 17.9 Å². The molecule has 2 aromatic rings. The Balaban J connectivity index is 1.59. The molecule has 0 aliphatic carbocycles. The maximum absolute atomic E-state index is 13.0. The number of thiazole rings is 1. The van der Waals surface area contributed by atoms with Crippen molar-refractivity contribution in [2.45, 2.75) is 52.1 Å². The lowest BCUT2D eigenvalue weighted by atomic mass is 9.94. The number of nitrogens with zero attached hydrogens (tertiary/aromatic N) is 5. The van der Waals surface area contributed by atoms with Crippen LogP contribution in [0.1, 0.15) is 43.4 Å². The van der Waals surface area contributed by atoms with E-state index in [9.17, 15) is 4.79 Å². The van der Waals surface area contributed by atoms with Crippen molar-refractivity contribution in [2.24, 2.45) is 5.92 Å². The van der Waals surface area contributed by atoms with Gasteiger partial charge < -0.3 is 9.80 Å². The number of carbonyl (C=O) groups is 1. The molecule has 3 fully saturated rings. The van der Waals surface area contributed by atoms with E-state index in [4.69, 9.17) is 0 Å². The van der Waals surface area contributed by atoms with Crippen LogP contribution in [-0.2, 0) is 17.8 Å². The van der Waals surface area contributed by atoms with Crippen molar-refractivity contribution in [1.82, 2.24) is 19.9 Å². The predicted octanol–water partition coefficient (Wildman–Crippen LogP) is 2.82. The molecule has 6 nitrogen and oxygen atoms in total. The van der Waals surface area contributed by atoms with Crippen molar-refractivity contribution in [2.75, 3.05) is 18.0 Å². The largest absolute Gasteiger partial charge is 0.354 e. The molecule has 1 amide bonds. The molecule has 3 aliphatic rings. The molecule has 2 bridgehead atoms. The van der Waals surface area contributed by atoms with Gasteiger partial charge in [-0.2, -0.15) is 0 Å². The smallest absolute Gasteiger partial charge is 0.228 e. The molecule has 0 aromatic carbocycles. The van der Waals surface area contributed by atoms with Gasteiger partial charge in [-0.05, 0) is 26.2 Å². The molecule has 2 unspecified atom stereocenters. The minimum Gasteiger partial charge on any atom is -0.354 e. The van der Waals surface area contributed by atoms with Gasteiger partial charge in [-0.15, -0.1) is 11.3 Å². The fourth-order valence-electron chi connectivity index (χ4n) is 4.08. The Morgan fingerprint density at radius 2 is 2.12 bits per heavy atom. The third-order valence-electron chi connectivity index (χ3n) is 5.32. The average Bonchev–Trinajstić information content (AvgIpc) is 2.97. The number of anilines is 1. The number of hydrogen-bond donors (Lipinski definition) is 0. The van der Waals surface area contributed by atoms with Crippen molar-refractivity contribution in [3.8, 4) is 0 Å². The second kappa shape index (κ2) is 7.31. The fraction of sp³-hybridized carbons (Fsp3) is 0.579. The van der Waals surface area contributed by atoms with Crippen LogP contribution in [0.4, 0.5) is 5.82 Å². The van der Waals surface area contributed by atoms with Gasteiger partial charge in [0.25, 0.3) is 0 Å². The van der Waals surface area contributed by atoms with Gasteiger partial charge in [0.2, 0.25) is 5.91 Å². The van der Waals surface area contributed by atoms with E-state index in [0.717, 1.165) is 61.8 Å². The minimum atomic E-state index is 0.0530. The SMILES string of the molecule is CCCc1cc(N2CC3CCC(C2)N(Cc2cscn2)C3=O)nc(C)n1. The first kappa shape index (κ1) is 17.4. The van der Waals surface area contributed by atoms with Gasteiger partial charge in [0.15, 0.2) is 0 Å². The number of aromatic nitrogens is 3. The van der Waals surface area contributed by atoms with Crippen LogP contribution in [0.3, 0.4) is 0 Å². The number of hydrogen-bond acceptors (Lipinski definition) is 6. The molecule has 7 heteroatoms. The number of aryl methyl sites for hydroxylation is 2. The van der Waals surface area contributed by atoms with Crippen molar-refractivity contribution >= 4 is 23.1 Å². The van der Waals surface area contributed by atoms with Crippen LogP contribution in [0.5, 0.6) is 0 Å². The van der Waals surface area contributed by atoms with E-state index in [1.165, 1.54) is 0 Å². The predicted molar refractivity (Wildman–Crippen MR) is 102 cm³/mol. The monoisotopic (exact) mass is 371 g/mol. The number of fused-ring (bicyclic) bond motifs is 4. The molecule has 3 aliphatic heterocycles. The topological polar surface area (TPSA) is 62.2 Å². The summed E-state index contributed by atoms with van der Waals surface area (Å²) in [4.78, 5) is 30.9. The summed E-state index contributed by atoms with van der Waals surface area (Å²) in [5.41, 5.74) is 3.92. The van der Waals surface area contributed by atoms with Gasteiger partial charge in [0, 0.05) is 36.3 Å². The maximum atomic E-state index is 13.0. The summed E-state index contributed by atoms with van der Waals surface area (Å²) in [7, 11) is 0. The average molecular weight is 372 g/mol. The molecule has 0 saturated carbocycles. The molecule has 0 N–H and O–H groups in total. The summed E-state index contributed by atoms with van der Waals surface area (Å²) in [6.45, 7) is 6.34. The number of piperidine rings is 1. The van der Waals surface area contributed by atoms with E-state index in [2.05, 4.69) is 32.8 Å². The standard InChI is InChI=1S/C19H25N5OS/c1-3-4-15-7-18(22-13(2)21-15)23-8-14-5-6-17(10-23)24(19(14)25)9-16-11-26-12-20-16/h7,11-12,14,17H,3-6,8-10H2,1-2H3. The molecule has 26 heavy (non-hydrogen) atoms. The van der Waals surface area contributed by atoms with Crippen LogP contribution < -0.4 is 4.90 Å². The second-order valence-corrected chi connectivity index (χ2v) is 8.01. The zero-order valence-electron chi connectivity index (χ0n) is 15.4. The van der Waals surface area contributed by atoms with E-state index in [0.29, 0.717) is 6.54 Å². The summed E-state index contributed by atoms with van der Waals surface area (Å²) < 4.78 is 0. The quantitative estimate of drug-likeness (QED) is 0.809. The summed E-state index contributed by atoms with van der Waals surface area (Å²) in [5.74, 6) is 2.11. The van der Waals surface area contributed by atoms with Crippen LogP contribution in [0.15, 0.2) is 17.0 Å². The van der Waals surface area contributed by atoms with Crippen LogP contribution >= 0.6 is 11.3 Å². The van der Waals surface area contributed by atoms with Gasteiger partial charge in [-0.1, -0.05) is 13.3 Å². The molecule has 138 valence electrons. The van der Waals surface area contributed by atoms with Gasteiger partial charge >= 0.3 is 0 Å². The molecule has 0 spiro atoms. The highest BCUT2D eigenvalue weighted by Gasteiger charge is 2.41. The second-order valence-electron chi connectivity index (χ2n) is 7.29. The summed E-state index contributed by atoms with van der Waals surface area (Å²) in [6, 6.07) is 2.34. The third kappa shape index (κ3) is 3.45. The lowest BCUT2D eigenvalue weighted by molar-refractivity contribution is -0.140. The Kier molecular flexibility index (Phi) is 4.89. The van der Waals surface area contributed by atoms with Crippen molar-refractivity contribution in [3.05, 3.63) is 34.2 Å². The molecule has 3 saturated heterocycles. The van der Waals surface area contributed by atoms with Gasteiger partial charge in [-0.25, -0.2) is 15.0 Å². The van der Waals surface area contributed by atoms with E-state index in [1.54, 1.807) is 11.3 Å². The van der Waals surface area contributed by atoms with Crippen molar-refractivity contribution in [1.29, 1.82) is 0 Å². The van der Waals surface area contributed by atoms with E-state index in [1.807, 2.05) is 22.7 Å². The molecule has 2 atom stereocenters. The van der Waals surface area contributed by atoms with Crippen LogP contribution in [-0.4, -0.2) is 44.9 Å². The molecule has 5 heterocycles. The Morgan fingerprint density at radius 1 is 1.23 bits per heavy atom. The molecular formula is C19H25N5OS. The highest BCUT2D eigenvalue weighted by molar-refractivity contribution is 7.07. The Hall–Kier alpha value is -2.02. The first-order chi connectivity index (χ1) is 12.6.